The first-order chi connectivity index (χ1) is 15.8. The van der Waals surface area contributed by atoms with E-state index in [1.807, 2.05) is 0 Å². The number of halogens is 1. The number of carbonyl (C=O) groups excluding carboxylic acids is 3. The molecule has 0 saturated carbocycles. The van der Waals surface area contributed by atoms with Crippen LogP contribution in [0, 0.1) is 5.82 Å². The largest absolute Gasteiger partial charge is 0.497 e. The second-order valence-corrected chi connectivity index (χ2v) is 7.23. The van der Waals surface area contributed by atoms with Crippen LogP contribution in [-0.2, 0) is 16.1 Å². The van der Waals surface area contributed by atoms with Crippen molar-refractivity contribution in [3.8, 4) is 11.5 Å². The zero-order valence-electron chi connectivity index (χ0n) is 18.2. The lowest BCUT2D eigenvalue weighted by Crippen LogP contribution is -2.41. The van der Waals surface area contributed by atoms with Crippen LogP contribution in [0.4, 0.5) is 4.39 Å². The summed E-state index contributed by atoms with van der Waals surface area (Å²) in [6.07, 6.45) is 0. The normalized spacial score (nSPS) is 11.4. The molecule has 2 N–H and O–H groups in total. The third kappa shape index (κ3) is 5.74. The number of primary amides is 1. The third-order valence-electron chi connectivity index (χ3n) is 4.86. The minimum atomic E-state index is -1.29. The van der Waals surface area contributed by atoms with E-state index in [1.54, 1.807) is 36.4 Å². The number of benzene rings is 3. The Labute approximate surface area is 190 Å². The third-order valence-corrected chi connectivity index (χ3v) is 4.86. The summed E-state index contributed by atoms with van der Waals surface area (Å²) in [6, 6.07) is 17.1. The molecule has 0 radical (unpaired) electrons. The molecule has 170 valence electrons. The zero-order chi connectivity index (χ0) is 24.0. The van der Waals surface area contributed by atoms with Gasteiger partial charge in [-0.2, -0.15) is 0 Å². The quantitative estimate of drug-likeness (QED) is 0.417. The van der Waals surface area contributed by atoms with Crippen LogP contribution in [0.1, 0.15) is 34.5 Å². The van der Waals surface area contributed by atoms with Crippen molar-refractivity contribution < 1.29 is 28.2 Å². The van der Waals surface area contributed by atoms with E-state index in [4.69, 9.17) is 15.2 Å². The van der Waals surface area contributed by atoms with Crippen LogP contribution in [-0.4, -0.2) is 29.8 Å². The second-order valence-electron chi connectivity index (χ2n) is 7.23. The maximum absolute atomic E-state index is 14.0. The van der Waals surface area contributed by atoms with Crippen molar-refractivity contribution in [2.75, 3.05) is 7.11 Å². The van der Waals surface area contributed by atoms with E-state index in [0.29, 0.717) is 11.3 Å². The molecular weight excluding hydrogens is 427 g/mol. The summed E-state index contributed by atoms with van der Waals surface area (Å²) in [5, 5.41) is 0. The average Bonchev–Trinajstić information content (AvgIpc) is 2.78. The maximum Gasteiger partial charge on any atom is 0.308 e. The van der Waals surface area contributed by atoms with Gasteiger partial charge in [-0.3, -0.25) is 14.4 Å². The number of nitrogens with zero attached hydrogens (tertiary/aromatic N) is 1. The van der Waals surface area contributed by atoms with E-state index in [-0.39, 0.29) is 23.4 Å². The number of ether oxygens (including phenoxy) is 2. The van der Waals surface area contributed by atoms with Gasteiger partial charge in [0.05, 0.1) is 12.7 Å². The minimum Gasteiger partial charge on any atom is -0.497 e. The molecule has 0 aromatic heterocycles. The molecule has 0 saturated heterocycles. The maximum atomic E-state index is 14.0. The van der Waals surface area contributed by atoms with Crippen molar-refractivity contribution in [3.63, 3.8) is 0 Å². The van der Waals surface area contributed by atoms with Gasteiger partial charge < -0.3 is 20.1 Å². The lowest BCUT2D eigenvalue weighted by atomic mass is 10.0. The Balaban J connectivity index is 2.13. The average molecular weight is 450 g/mol. The number of hydrogen-bond acceptors (Lipinski definition) is 5. The lowest BCUT2D eigenvalue weighted by Gasteiger charge is -2.31. The fourth-order valence-electron chi connectivity index (χ4n) is 3.46. The zero-order valence-corrected chi connectivity index (χ0v) is 18.2. The summed E-state index contributed by atoms with van der Waals surface area (Å²) in [7, 11) is 1.51. The van der Waals surface area contributed by atoms with Gasteiger partial charge in [0.2, 0.25) is 5.91 Å². The second kappa shape index (κ2) is 10.4. The number of hydrogen-bond donors (Lipinski definition) is 1. The topological polar surface area (TPSA) is 98.9 Å². The van der Waals surface area contributed by atoms with Crippen molar-refractivity contribution in [1.29, 1.82) is 0 Å². The van der Waals surface area contributed by atoms with Crippen molar-refractivity contribution in [2.45, 2.75) is 19.5 Å². The van der Waals surface area contributed by atoms with Crippen LogP contribution < -0.4 is 15.2 Å². The van der Waals surface area contributed by atoms with E-state index >= 15 is 0 Å². The van der Waals surface area contributed by atoms with Gasteiger partial charge in [-0.1, -0.05) is 36.4 Å². The van der Waals surface area contributed by atoms with Crippen LogP contribution in [0.3, 0.4) is 0 Å². The Hall–Kier alpha value is -4.20. The van der Waals surface area contributed by atoms with Crippen LogP contribution in [0.2, 0.25) is 0 Å². The van der Waals surface area contributed by atoms with Crippen LogP contribution in [0.5, 0.6) is 11.5 Å². The Bertz CT molecular complexity index is 1180. The number of methoxy groups -OCH3 is 1. The van der Waals surface area contributed by atoms with Crippen molar-refractivity contribution >= 4 is 17.8 Å². The van der Waals surface area contributed by atoms with Gasteiger partial charge in [0.1, 0.15) is 23.4 Å². The van der Waals surface area contributed by atoms with Crippen LogP contribution in [0.25, 0.3) is 0 Å². The molecule has 0 aliphatic heterocycles. The van der Waals surface area contributed by atoms with Gasteiger partial charge in [-0.15, -0.1) is 0 Å². The summed E-state index contributed by atoms with van der Waals surface area (Å²) < 4.78 is 24.4. The molecule has 0 fully saturated rings. The molecule has 3 aromatic rings. The molecule has 1 unspecified atom stereocenters. The monoisotopic (exact) mass is 450 g/mol. The van der Waals surface area contributed by atoms with Gasteiger partial charge >= 0.3 is 5.97 Å². The summed E-state index contributed by atoms with van der Waals surface area (Å²) in [5.41, 5.74) is 6.61. The highest BCUT2D eigenvalue weighted by atomic mass is 19.1. The summed E-state index contributed by atoms with van der Waals surface area (Å²) in [4.78, 5) is 39.0. The number of esters is 1. The van der Waals surface area contributed by atoms with E-state index < -0.39 is 29.6 Å². The smallest absolute Gasteiger partial charge is 0.308 e. The molecule has 1 atom stereocenters. The lowest BCUT2D eigenvalue weighted by molar-refractivity contribution is -0.132. The van der Waals surface area contributed by atoms with E-state index in [9.17, 15) is 18.8 Å². The molecule has 2 amide bonds. The Morgan fingerprint density at radius 3 is 2.39 bits per heavy atom. The van der Waals surface area contributed by atoms with E-state index in [0.717, 1.165) is 6.07 Å². The first-order valence-corrected chi connectivity index (χ1v) is 10.1. The number of carbonyl (C=O) groups is 3. The molecular formula is C25H23FN2O5. The Morgan fingerprint density at radius 1 is 1.00 bits per heavy atom. The predicted molar refractivity (Wildman–Crippen MR) is 119 cm³/mol. The molecule has 8 heteroatoms. The van der Waals surface area contributed by atoms with Gasteiger partial charge in [0.25, 0.3) is 5.91 Å². The Morgan fingerprint density at radius 2 is 1.73 bits per heavy atom. The van der Waals surface area contributed by atoms with Gasteiger partial charge in [-0.25, -0.2) is 4.39 Å². The highest BCUT2D eigenvalue weighted by molar-refractivity contribution is 6.00. The molecule has 0 heterocycles. The SMILES string of the molecule is COc1cccc(CN(C(=O)c2ccccc2OC(C)=O)C(C(N)=O)c2cccc(F)c2)c1. The van der Waals surface area contributed by atoms with E-state index in [2.05, 4.69) is 0 Å². The van der Waals surface area contributed by atoms with Crippen molar-refractivity contribution in [3.05, 3.63) is 95.3 Å². The molecule has 0 spiro atoms. The summed E-state index contributed by atoms with van der Waals surface area (Å²) >= 11 is 0. The number of rotatable bonds is 8. The highest BCUT2D eigenvalue weighted by Crippen LogP contribution is 2.29. The molecule has 33 heavy (non-hydrogen) atoms. The molecule has 0 aliphatic carbocycles. The summed E-state index contributed by atoms with van der Waals surface area (Å²) in [6.45, 7) is 1.17. The standard InChI is InChI=1S/C25H23FN2O5/c1-16(29)33-22-12-4-3-11-21(22)25(31)28(15-17-7-5-10-20(13-17)32-2)23(24(27)30)18-8-6-9-19(26)14-18/h3-14,23H,15H2,1-2H3,(H2,27,30). The number of nitrogens with two attached hydrogens (primary N) is 1. The highest BCUT2D eigenvalue weighted by Gasteiger charge is 2.32. The summed E-state index contributed by atoms with van der Waals surface area (Å²) in [5.74, 6) is -2.06. The molecule has 7 nitrogen and oxygen atoms in total. The minimum absolute atomic E-state index is 0.0353. The van der Waals surface area contributed by atoms with Crippen LogP contribution in [0.15, 0.2) is 72.8 Å². The number of amides is 2. The fourth-order valence-corrected chi connectivity index (χ4v) is 3.46. The first-order valence-electron chi connectivity index (χ1n) is 10.1. The van der Waals surface area contributed by atoms with E-state index in [1.165, 1.54) is 49.3 Å². The number of para-hydroxylation sites is 1. The molecule has 0 aliphatic rings. The first kappa shape index (κ1) is 23.5. The molecule has 0 bridgehead atoms. The molecule has 3 rings (SSSR count). The fraction of sp³-hybridized carbons (Fsp3) is 0.160. The predicted octanol–water partition coefficient (Wildman–Crippen LogP) is 3.63. The van der Waals surface area contributed by atoms with Gasteiger partial charge in [0.15, 0.2) is 0 Å². The van der Waals surface area contributed by atoms with Crippen molar-refractivity contribution in [2.24, 2.45) is 5.73 Å². The van der Waals surface area contributed by atoms with Crippen molar-refractivity contribution in [1.82, 2.24) is 4.90 Å². The van der Waals surface area contributed by atoms with Gasteiger partial charge in [0, 0.05) is 13.5 Å². The Kier molecular flexibility index (Phi) is 7.40. The van der Waals surface area contributed by atoms with Crippen LogP contribution >= 0.6 is 0 Å². The van der Waals surface area contributed by atoms with Gasteiger partial charge in [-0.05, 0) is 47.5 Å². The molecule has 3 aromatic carbocycles.